The molecule has 1 aromatic rings. The Labute approximate surface area is 107 Å². The van der Waals surface area contributed by atoms with Crippen LogP contribution in [-0.2, 0) is 0 Å². The molecule has 0 radical (unpaired) electrons. The fourth-order valence-electron chi connectivity index (χ4n) is 1.30. The van der Waals surface area contributed by atoms with Crippen molar-refractivity contribution >= 4 is 11.8 Å². The van der Waals surface area contributed by atoms with Gasteiger partial charge in [0.2, 0.25) is 0 Å². The van der Waals surface area contributed by atoms with Crippen LogP contribution in [0.2, 0.25) is 0 Å². The van der Waals surface area contributed by atoms with Crippen molar-refractivity contribution in [2.24, 2.45) is 0 Å². The van der Waals surface area contributed by atoms with Crippen LogP contribution in [0.4, 0.5) is 0 Å². The van der Waals surface area contributed by atoms with Gasteiger partial charge in [0, 0.05) is 18.8 Å². The van der Waals surface area contributed by atoms with Crippen LogP contribution in [0.15, 0.2) is 24.3 Å². The van der Waals surface area contributed by atoms with E-state index in [1.807, 2.05) is 23.9 Å². The molecule has 0 aliphatic heterocycles. The van der Waals surface area contributed by atoms with Crippen molar-refractivity contribution in [3.8, 4) is 11.8 Å². The second-order valence-corrected chi connectivity index (χ2v) is 4.77. The summed E-state index contributed by atoms with van der Waals surface area (Å²) in [5.74, 6) is 1.97. The predicted molar refractivity (Wildman–Crippen MR) is 72.5 cm³/mol. The molecular weight excluding hydrogens is 232 g/mol. The molecule has 92 valence electrons. The first kappa shape index (κ1) is 13.9. The molecule has 0 amide bonds. The number of benzene rings is 1. The van der Waals surface area contributed by atoms with E-state index in [0.717, 1.165) is 24.6 Å². The van der Waals surface area contributed by atoms with Crippen LogP contribution < -0.4 is 4.74 Å². The molecule has 0 aromatic heterocycles. The molecule has 0 fully saturated rings. The highest BCUT2D eigenvalue weighted by molar-refractivity contribution is 7.98. The largest absolute Gasteiger partial charge is 0.492 e. The van der Waals surface area contributed by atoms with Crippen LogP contribution in [0.3, 0.4) is 0 Å². The van der Waals surface area contributed by atoms with Crippen LogP contribution in [0.5, 0.6) is 5.75 Å². The summed E-state index contributed by atoms with van der Waals surface area (Å²) in [6, 6.07) is 9.29. The van der Waals surface area contributed by atoms with Gasteiger partial charge in [-0.25, -0.2) is 0 Å². The molecule has 0 N–H and O–H groups in total. The zero-order chi connectivity index (χ0) is 12.5. The number of thioether (sulfide) groups is 1. The molecule has 3 nitrogen and oxygen atoms in total. The molecule has 0 heterocycles. The maximum absolute atomic E-state index is 8.66. The first-order valence-electron chi connectivity index (χ1n) is 5.56. The van der Waals surface area contributed by atoms with Crippen molar-refractivity contribution in [1.29, 1.82) is 5.26 Å². The number of nitrogens with zero attached hydrogens (tertiary/aromatic N) is 2. The van der Waals surface area contributed by atoms with Gasteiger partial charge in [-0.15, -0.1) is 0 Å². The lowest BCUT2D eigenvalue weighted by Crippen LogP contribution is -2.26. The Kier molecular flexibility index (Phi) is 6.53. The summed E-state index contributed by atoms with van der Waals surface area (Å²) in [5, 5.41) is 8.66. The van der Waals surface area contributed by atoms with E-state index in [0.29, 0.717) is 12.2 Å². The van der Waals surface area contributed by atoms with Crippen molar-refractivity contribution in [2.75, 3.05) is 38.8 Å². The number of hydrogen-bond acceptors (Lipinski definition) is 4. The molecule has 17 heavy (non-hydrogen) atoms. The first-order chi connectivity index (χ1) is 8.26. The molecule has 0 aliphatic carbocycles. The third-order valence-corrected chi connectivity index (χ3v) is 2.99. The van der Waals surface area contributed by atoms with Crippen LogP contribution in [0, 0.1) is 11.3 Å². The van der Waals surface area contributed by atoms with E-state index in [9.17, 15) is 0 Å². The summed E-state index contributed by atoms with van der Waals surface area (Å²) in [5.41, 5.74) is 0.662. The van der Waals surface area contributed by atoms with Gasteiger partial charge < -0.3 is 9.64 Å². The van der Waals surface area contributed by atoms with Crippen LogP contribution in [0.25, 0.3) is 0 Å². The Morgan fingerprint density at radius 3 is 2.59 bits per heavy atom. The second kappa shape index (κ2) is 7.99. The normalized spacial score (nSPS) is 10.2. The van der Waals surface area contributed by atoms with Gasteiger partial charge in [-0.3, -0.25) is 0 Å². The SMILES string of the molecule is CSCCN(C)CCOc1ccc(C#N)cc1. The van der Waals surface area contributed by atoms with Gasteiger partial charge in [0.1, 0.15) is 12.4 Å². The summed E-state index contributed by atoms with van der Waals surface area (Å²) >= 11 is 1.85. The third kappa shape index (κ3) is 5.62. The average molecular weight is 250 g/mol. The molecule has 0 saturated heterocycles. The molecule has 0 unspecified atom stereocenters. The van der Waals surface area contributed by atoms with E-state index in [-0.39, 0.29) is 0 Å². The Morgan fingerprint density at radius 2 is 2.00 bits per heavy atom. The number of likely N-dealkylation sites (N-methyl/N-ethyl adjacent to an activating group) is 1. The van der Waals surface area contributed by atoms with Gasteiger partial charge in [0.15, 0.2) is 0 Å². The molecule has 1 aromatic carbocycles. The minimum absolute atomic E-state index is 0.662. The van der Waals surface area contributed by atoms with Crippen LogP contribution >= 0.6 is 11.8 Å². The maximum atomic E-state index is 8.66. The van der Waals surface area contributed by atoms with Gasteiger partial charge in [-0.2, -0.15) is 17.0 Å². The summed E-state index contributed by atoms with van der Waals surface area (Å²) < 4.78 is 5.60. The van der Waals surface area contributed by atoms with Gasteiger partial charge in [0.05, 0.1) is 11.6 Å². The summed E-state index contributed by atoms with van der Waals surface area (Å²) in [6.07, 6.45) is 2.11. The molecule has 0 atom stereocenters. The highest BCUT2D eigenvalue weighted by Gasteiger charge is 1.99. The Balaban J connectivity index is 2.24. The van der Waals surface area contributed by atoms with E-state index in [1.165, 1.54) is 0 Å². The van der Waals surface area contributed by atoms with Crippen molar-refractivity contribution in [3.05, 3.63) is 29.8 Å². The summed E-state index contributed by atoms with van der Waals surface area (Å²) in [6.45, 7) is 2.68. The van der Waals surface area contributed by atoms with Crippen molar-refractivity contribution in [2.45, 2.75) is 0 Å². The molecule has 0 spiro atoms. The lowest BCUT2D eigenvalue weighted by Gasteiger charge is -2.16. The monoisotopic (exact) mass is 250 g/mol. The van der Waals surface area contributed by atoms with E-state index >= 15 is 0 Å². The fraction of sp³-hybridized carbons (Fsp3) is 0.462. The third-order valence-electron chi connectivity index (χ3n) is 2.40. The molecule has 0 bridgehead atoms. The maximum Gasteiger partial charge on any atom is 0.119 e. The zero-order valence-corrected chi connectivity index (χ0v) is 11.2. The Hall–Kier alpha value is -1.18. The van der Waals surface area contributed by atoms with Crippen molar-refractivity contribution in [3.63, 3.8) is 0 Å². The van der Waals surface area contributed by atoms with E-state index in [1.54, 1.807) is 12.1 Å². The van der Waals surface area contributed by atoms with Crippen LogP contribution in [0.1, 0.15) is 5.56 Å². The van der Waals surface area contributed by atoms with E-state index < -0.39 is 0 Å². The standard InChI is InChI=1S/C13H18N2OS/c1-15(8-10-17-2)7-9-16-13-5-3-12(11-14)4-6-13/h3-6H,7-10H2,1-2H3. The lowest BCUT2D eigenvalue weighted by molar-refractivity contribution is 0.245. The van der Waals surface area contributed by atoms with Crippen molar-refractivity contribution < 1.29 is 4.74 Å². The van der Waals surface area contributed by atoms with E-state index in [4.69, 9.17) is 10.00 Å². The number of hydrogen-bond donors (Lipinski definition) is 0. The molecule has 4 heteroatoms. The molecule has 1 rings (SSSR count). The Bertz CT molecular complexity index is 359. The predicted octanol–water partition coefficient (Wildman–Crippen LogP) is 2.23. The van der Waals surface area contributed by atoms with Gasteiger partial charge in [-0.1, -0.05) is 0 Å². The second-order valence-electron chi connectivity index (χ2n) is 3.78. The summed E-state index contributed by atoms with van der Waals surface area (Å²) in [4.78, 5) is 2.25. The number of nitriles is 1. The van der Waals surface area contributed by atoms with E-state index in [2.05, 4.69) is 24.3 Å². The van der Waals surface area contributed by atoms with Crippen LogP contribution in [-0.4, -0.2) is 43.7 Å². The fourth-order valence-corrected chi connectivity index (χ4v) is 1.80. The minimum atomic E-state index is 0.662. The van der Waals surface area contributed by atoms with Gasteiger partial charge in [-0.05, 0) is 37.6 Å². The molecular formula is C13H18N2OS. The number of ether oxygens (including phenoxy) is 1. The van der Waals surface area contributed by atoms with Crippen molar-refractivity contribution in [1.82, 2.24) is 4.90 Å². The number of rotatable bonds is 7. The molecule has 0 saturated carbocycles. The summed E-state index contributed by atoms with van der Waals surface area (Å²) in [7, 11) is 2.10. The van der Waals surface area contributed by atoms with Gasteiger partial charge in [0.25, 0.3) is 0 Å². The molecule has 0 aliphatic rings. The smallest absolute Gasteiger partial charge is 0.119 e. The first-order valence-corrected chi connectivity index (χ1v) is 6.96. The van der Waals surface area contributed by atoms with Gasteiger partial charge >= 0.3 is 0 Å². The average Bonchev–Trinajstić information content (AvgIpc) is 2.37. The minimum Gasteiger partial charge on any atom is -0.492 e. The highest BCUT2D eigenvalue weighted by atomic mass is 32.2. The Morgan fingerprint density at radius 1 is 1.29 bits per heavy atom. The lowest BCUT2D eigenvalue weighted by atomic mass is 10.2. The highest BCUT2D eigenvalue weighted by Crippen LogP contribution is 2.11. The topological polar surface area (TPSA) is 36.3 Å². The zero-order valence-electron chi connectivity index (χ0n) is 10.3. The quantitative estimate of drug-likeness (QED) is 0.743.